The van der Waals surface area contributed by atoms with E-state index in [1.54, 1.807) is 26.2 Å². The number of aryl methyl sites for hydroxylation is 1. The van der Waals surface area contributed by atoms with E-state index in [1.165, 1.54) is 4.31 Å². The number of para-hydroxylation sites is 1. The molecule has 3 aromatic rings. The van der Waals surface area contributed by atoms with Gasteiger partial charge in [-0.05, 0) is 43.7 Å². The van der Waals surface area contributed by atoms with Crippen molar-refractivity contribution in [3.05, 3.63) is 54.4 Å². The molecule has 1 aromatic heterocycles. The molecule has 0 amide bonds. The van der Waals surface area contributed by atoms with Crippen LogP contribution >= 0.6 is 0 Å². The molecule has 0 radical (unpaired) electrons. The summed E-state index contributed by atoms with van der Waals surface area (Å²) in [5.41, 5.74) is 2.84. The average molecular weight is 401 g/mol. The highest BCUT2D eigenvalue weighted by atomic mass is 32.2. The molecule has 2 aromatic carbocycles. The quantitative estimate of drug-likeness (QED) is 0.578. The molecular weight excluding hydrogens is 372 g/mol. The van der Waals surface area contributed by atoms with Crippen LogP contribution in [0.3, 0.4) is 0 Å². The molecule has 0 aliphatic heterocycles. The van der Waals surface area contributed by atoms with Crippen LogP contribution in [0.25, 0.3) is 11.0 Å². The lowest BCUT2D eigenvalue weighted by Gasteiger charge is -2.23. The summed E-state index contributed by atoms with van der Waals surface area (Å²) in [6, 6.07) is 15.5. The lowest BCUT2D eigenvalue weighted by molar-refractivity contribution is 0.521. The fraction of sp³-hybridized carbons (Fsp3) is 0.381. The van der Waals surface area contributed by atoms with Crippen molar-refractivity contribution < 1.29 is 8.42 Å². The third-order valence-electron chi connectivity index (χ3n) is 4.86. The van der Waals surface area contributed by atoms with Crippen LogP contribution < -0.4 is 4.90 Å². The minimum Gasteiger partial charge on any atom is -0.364 e. The lowest BCUT2D eigenvalue weighted by Crippen LogP contribution is -2.24. The van der Waals surface area contributed by atoms with Gasteiger partial charge in [0.05, 0.1) is 22.5 Å². The van der Waals surface area contributed by atoms with Crippen LogP contribution in [-0.4, -0.2) is 42.9 Å². The summed E-state index contributed by atoms with van der Waals surface area (Å²) in [5, 5.41) is 0. The second-order valence-electron chi connectivity index (χ2n) is 6.97. The number of hydrogen-bond acceptors (Lipinski definition) is 4. The Morgan fingerprint density at radius 3 is 2.36 bits per heavy atom. The Bertz CT molecular complexity index is 1040. The summed E-state index contributed by atoms with van der Waals surface area (Å²) < 4.78 is 28.4. The molecule has 0 bridgehead atoms. The van der Waals surface area contributed by atoms with E-state index in [1.807, 2.05) is 24.3 Å². The maximum Gasteiger partial charge on any atom is 0.242 e. The molecule has 0 N–H and O–H groups in total. The molecule has 150 valence electrons. The van der Waals surface area contributed by atoms with Gasteiger partial charge in [-0.3, -0.25) is 0 Å². The van der Waals surface area contributed by atoms with Crippen molar-refractivity contribution in [1.82, 2.24) is 13.9 Å². The largest absolute Gasteiger partial charge is 0.364 e. The molecule has 0 unspecified atom stereocenters. The van der Waals surface area contributed by atoms with Gasteiger partial charge in [-0.25, -0.2) is 17.7 Å². The van der Waals surface area contributed by atoms with Gasteiger partial charge in [-0.1, -0.05) is 25.1 Å². The van der Waals surface area contributed by atoms with Crippen LogP contribution in [0.15, 0.2) is 53.4 Å². The summed E-state index contributed by atoms with van der Waals surface area (Å²) in [6.45, 7) is 6.64. The van der Waals surface area contributed by atoms with Crippen LogP contribution in [-0.2, 0) is 23.1 Å². The van der Waals surface area contributed by atoms with Crippen molar-refractivity contribution in [1.29, 1.82) is 0 Å². The number of benzene rings is 2. The monoisotopic (exact) mass is 400 g/mol. The Labute approximate surface area is 167 Å². The van der Waals surface area contributed by atoms with Crippen LogP contribution in [0.1, 0.15) is 26.1 Å². The summed E-state index contributed by atoms with van der Waals surface area (Å²) in [5.74, 6) is 0.946. The van der Waals surface area contributed by atoms with Crippen molar-refractivity contribution >= 4 is 26.7 Å². The molecule has 0 fully saturated rings. The first-order valence-corrected chi connectivity index (χ1v) is 11.0. The van der Waals surface area contributed by atoms with E-state index < -0.39 is 10.0 Å². The van der Waals surface area contributed by atoms with Gasteiger partial charge in [0.2, 0.25) is 10.0 Å². The van der Waals surface area contributed by atoms with Crippen molar-refractivity contribution in [2.24, 2.45) is 0 Å². The van der Waals surface area contributed by atoms with E-state index in [2.05, 4.69) is 35.4 Å². The summed E-state index contributed by atoms with van der Waals surface area (Å²) >= 11 is 0. The van der Waals surface area contributed by atoms with Gasteiger partial charge in [0.1, 0.15) is 5.82 Å². The Morgan fingerprint density at radius 2 is 1.75 bits per heavy atom. The molecule has 0 aliphatic carbocycles. The van der Waals surface area contributed by atoms with Crippen molar-refractivity contribution in [2.75, 3.05) is 25.5 Å². The van der Waals surface area contributed by atoms with E-state index in [0.29, 0.717) is 6.54 Å². The van der Waals surface area contributed by atoms with Gasteiger partial charge in [0.25, 0.3) is 0 Å². The minimum atomic E-state index is -3.48. The molecule has 6 nitrogen and oxygen atoms in total. The number of rotatable bonds is 8. The molecule has 0 saturated carbocycles. The van der Waals surface area contributed by atoms with Crippen molar-refractivity contribution in [2.45, 2.75) is 38.3 Å². The molecule has 28 heavy (non-hydrogen) atoms. The predicted octanol–water partition coefficient (Wildman–Crippen LogP) is 3.72. The minimum absolute atomic E-state index is 0.271. The zero-order valence-corrected chi connectivity index (χ0v) is 17.8. The third kappa shape index (κ3) is 3.91. The lowest BCUT2D eigenvalue weighted by atomic mass is 10.3. The summed E-state index contributed by atoms with van der Waals surface area (Å²) in [6.07, 6.45) is 0.980. The molecule has 1 heterocycles. The Morgan fingerprint density at radius 1 is 1.04 bits per heavy atom. The Balaban J connectivity index is 2.05. The first-order valence-electron chi connectivity index (χ1n) is 9.60. The maximum atomic E-state index is 12.5. The van der Waals surface area contributed by atoms with Crippen LogP contribution in [0.5, 0.6) is 0 Å². The van der Waals surface area contributed by atoms with E-state index in [0.717, 1.165) is 42.1 Å². The molecule has 0 spiro atoms. The topological polar surface area (TPSA) is 58.4 Å². The second kappa shape index (κ2) is 8.32. The highest BCUT2D eigenvalue weighted by Gasteiger charge is 2.20. The second-order valence-corrected chi connectivity index (χ2v) is 9.12. The van der Waals surface area contributed by atoms with E-state index in [4.69, 9.17) is 4.98 Å². The molecule has 7 heteroatoms. The SMILES string of the molecule is CCCn1c(CN(CC)c2ccccc2)nc2cc(S(=O)(=O)N(C)C)ccc21. The maximum absolute atomic E-state index is 12.5. The van der Waals surface area contributed by atoms with Gasteiger partial charge in [-0.2, -0.15) is 0 Å². The van der Waals surface area contributed by atoms with Crippen LogP contribution in [0, 0.1) is 0 Å². The molecule has 3 rings (SSSR count). The number of imidazole rings is 1. The van der Waals surface area contributed by atoms with Crippen molar-refractivity contribution in [3.63, 3.8) is 0 Å². The van der Waals surface area contributed by atoms with Crippen molar-refractivity contribution in [3.8, 4) is 0 Å². The first kappa shape index (κ1) is 20.4. The number of fused-ring (bicyclic) bond motifs is 1. The molecular formula is C21H28N4O2S. The van der Waals surface area contributed by atoms with E-state index in [-0.39, 0.29) is 4.90 Å². The highest BCUT2D eigenvalue weighted by Crippen LogP contribution is 2.24. The summed E-state index contributed by atoms with van der Waals surface area (Å²) in [7, 11) is -0.399. The highest BCUT2D eigenvalue weighted by molar-refractivity contribution is 7.89. The van der Waals surface area contributed by atoms with Crippen LogP contribution in [0.2, 0.25) is 0 Å². The number of anilines is 1. The van der Waals surface area contributed by atoms with Gasteiger partial charge < -0.3 is 9.47 Å². The van der Waals surface area contributed by atoms with Gasteiger partial charge in [0, 0.05) is 32.9 Å². The number of sulfonamides is 1. The first-order chi connectivity index (χ1) is 13.4. The van der Waals surface area contributed by atoms with Gasteiger partial charge in [-0.15, -0.1) is 0 Å². The number of aromatic nitrogens is 2. The van der Waals surface area contributed by atoms with Crippen LogP contribution in [0.4, 0.5) is 5.69 Å². The fourth-order valence-corrected chi connectivity index (χ4v) is 4.24. The number of nitrogens with zero attached hydrogens (tertiary/aromatic N) is 4. The zero-order chi connectivity index (χ0) is 20.3. The molecule has 0 saturated heterocycles. The predicted molar refractivity (Wildman–Crippen MR) is 114 cm³/mol. The smallest absolute Gasteiger partial charge is 0.242 e. The van der Waals surface area contributed by atoms with E-state index >= 15 is 0 Å². The Hall–Kier alpha value is -2.38. The van der Waals surface area contributed by atoms with E-state index in [9.17, 15) is 8.42 Å². The zero-order valence-electron chi connectivity index (χ0n) is 17.0. The Kier molecular flexibility index (Phi) is 6.05. The normalized spacial score (nSPS) is 12.0. The fourth-order valence-electron chi connectivity index (χ4n) is 3.32. The van der Waals surface area contributed by atoms with Gasteiger partial charge in [0.15, 0.2) is 0 Å². The third-order valence-corrected chi connectivity index (χ3v) is 6.67. The molecule has 0 atom stereocenters. The molecule has 0 aliphatic rings. The number of hydrogen-bond donors (Lipinski definition) is 0. The van der Waals surface area contributed by atoms with Gasteiger partial charge >= 0.3 is 0 Å². The summed E-state index contributed by atoms with van der Waals surface area (Å²) in [4.78, 5) is 7.36. The average Bonchev–Trinajstić information content (AvgIpc) is 3.03. The standard InChI is InChI=1S/C21H28N4O2S/c1-5-14-25-20-13-12-18(28(26,27)23(3)4)15-19(20)22-21(25)16-24(6-2)17-10-8-7-9-11-17/h7-13,15H,5-6,14,16H2,1-4H3.